The maximum atomic E-state index is 12.7. The van der Waals surface area contributed by atoms with Crippen LogP contribution in [0.1, 0.15) is 23.6 Å². The Morgan fingerprint density at radius 1 is 1.03 bits per heavy atom. The van der Waals surface area contributed by atoms with E-state index in [-0.39, 0.29) is 11.9 Å². The number of carbonyl (C=O) groups is 1. The summed E-state index contributed by atoms with van der Waals surface area (Å²) in [5, 5.41) is 3.04. The van der Waals surface area contributed by atoms with Gasteiger partial charge in [-0.1, -0.05) is 12.1 Å². The molecule has 1 aliphatic heterocycles. The predicted octanol–water partition coefficient (Wildman–Crippen LogP) is 3.47. The first-order chi connectivity index (χ1) is 14.4. The monoisotopic (exact) mass is 411 g/mol. The third-order valence-electron chi connectivity index (χ3n) is 5.86. The number of rotatable bonds is 7. The van der Waals surface area contributed by atoms with Crippen LogP contribution in [0.4, 0.5) is 5.69 Å². The van der Waals surface area contributed by atoms with Crippen molar-refractivity contribution in [2.45, 2.75) is 33.4 Å². The first kappa shape index (κ1) is 22.1. The number of ether oxygens (including phenoxy) is 2. The normalized spacial score (nSPS) is 16.2. The zero-order chi connectivity index (χ0) is 21.7. The molecule has 1 atom stereocenters. The van der Waals surface area contributed by atoms with Gasteiger partial charge < -0.3 is 14.8 Å². The lowest BCUT2D eigenvalue weighted by atomic mass is 10.1. The van der Waals surface area contributed by atoms with Gasteiger partial charge in [0.15, 0.2) is 11.5 Å². The number of benzene rings is 2. The Labute approximate surface area is 179 Å². The molecule has 0 aromatic heterocycles. The summed E-state index contributed by atoms with van der Waals surface area (Å²) >= 11 is 0. The number of anilines is 1. The Bertz CT molecular complexity index is 876. The van der Waals surface area contributed by atoms with Gasteiger partial charge in [-0.05, 0) is 61.7 Å². The van der Waals surface area contributed by atoms with Gasteiger partial charge >= 0.3 is 0 Å². The van der Waals surface area contributed by atoms with Crippen molar-refractivity contribution in [1.82, 2.24) is 9.80 Å². The van der Waals surface area contributed by atoms with Crippen LogP contribution < -0.4 is 14.8 Å². The van der Waals surface area contributed by atoms with Crippen molar-refractivity contribution >= 4 is 11.6 Å². The Morgan fingerprint density at radius 3 is 2.33 bits per heavy atom. The molecule has 2 aromatic rings. The number of methoxy groups -OCH3 is 2. The molecular weight excluding hydrogens is 378 g/mol. The van der Waals surface area contributed by atoms with E-state index in [2.05, 4.69) is 28.1 Å². The molecule has 1 aliphatic rings. The zero-order valence-electron chi connectivity index (χ0n) is 18.7. The molecule has 2 aromatic carbocycles. The van der Waals surface area contributed by atoms with Crippen LogP contribution in [0.3, 0.4) is 0 Å². The van der Waals surface area contributed by atoms with Crippen molar-refractivity contribution in [3.05, 3.63) is 53.1 Å². The minimum absolute atomic E-state index is 0.0461. The van der Waals surface area contributed by atoms with Gasteiger partial charge in [0.1, 0.15) is 0 Å². The largest absolute Gasteiger partial charge is 0.493 e. The lowest BCUT2D eigenvalue weighted by Crippen LogP contribution is -2.52. The molecule has 6 heteroatoms. The number of nitrogens with zero attached hydrogens (tertiary/aromatic N) is 2. The molecule has 3 rings (SSSR count). The first-order valence-electron chi connectivity index (χ1n) is 10.5. The van der Waals surface area contributed by atoms with E-state index in [1.807, 2.05) is 44.2 Å². The molecule has 0 bridgehead atoms. The minimum Gasteiger partial charge on any atom is -0.493 e. The highest BCUT2D eigenvalue weighted by molar-refractivity contribution is 5.94. The Morgan fingerprint density at radius 2 is 1.70 bits per heavy atom. The van der Waals surface area contributed by atoms with Crippen molar-refractivity contribution in [2.24, 2.45) is 0 Å². The maximum Gasteiger partial charge on any atom is 0.241 e. The Hall–Kier alpha value is -2.57. The van der Waals surface area contributed by atoms with Gasteiger partial charge in [-0.25, -0.2) is 0 Å². The van der Waals surface area contributed by atoms with E-state index in [1.165, 1.54) is 11.1 Å². The second kappa shape index (κ2) is 9.96. The van der Waals surface area contributed by atoms with Gasteiger partial charge in [0.05, 0.1) is 20.3 Å². The van der Waals surface area contributed by atoms with Gasteiger partial charge in [-0.15, -0.1) is 0 Å². The van der Waals surface area contributed by atoms with E-state index in [1.54, 1.807) is 14.2 Å². The maximum absolute atomic E-state index is 12.7. The van der Waals surface area contributed by atoms with Gasteiger partial charge in [0.2, 0.25) is 5.91 Å². The van der Waals surface area contributed by atoms with Crippen molar-refractivity contribution in [1.29, 1.82) is 0 Å². The quantitative estimate of drug-likeness (QED) is 0.756. The minimum atomic E-state index is -0.157. The van der Waals surface area contributed by atoms with E-state index in [4.69, 9.17) is 9.47 Å². The Balaban J connectivity index is 1.55. The lowest BCUT2D eigenvalue weighted by molar-refractivity contribution is -0.121. The van der Waals surface area contributed by atoms with Crippen LogP contribution in [0.5, 0.6) is 11.5 Å². The number of piperazine rings is 1. The topological polar surface area (TPSA) is 54.0 Å². The fourth-order valence-corrected chi connectivity index (χ4v) is 3.88. The predicted molar refractivity (Wildman–Crippen MR) is 120 cm³/mol. The summed E-state index contributed by atoms with van der Waals surface area (Å²) in [6, 6.07) is 11.9. The van der Waals surface area contributed by atoms with Gasteiger partial charge in [-0.2, -0.15) is 0 Å². The Kier molecular flexibility index (Phi) is 7.34. The highest BCUT2D eigenvalue weighted by Crippen LogP contribution is 2.31. The second-order valence-corrected chi connectivity index (χ2v) is 7.98. The fourth-order valence-electron chi connectivity index (χ4n) is 3.88. The average Bonchev–Trinajstić information content (AvgIpc) is 2.74. The number of nitrogens with one attached hydrogen (secondary N) is 1. The molecule has 1 fully saturated rings. The van der Waals surface area contributed by atoms with Crippen molar-refractivity contribution in [3.63, 3.8) is 0 Å². The number of carbonyl (C=O) groups excluding carboxylic acids is 1. The molecular formula is C24H33N3O3. The third-order valence-corrected chi connectivity index (χ3v) is 5.86. The van der Waals surface area contributed by atoms with E-state index in [0.717, 1.165) is 55.5 Å². The van der Waals surface area contributed by atoms with Crippen LogP contribution >= 0.6 is 0 Å². The molecule has 162 valence electrons. The van der Waals surface area contributed by atoms with Crippen LogP contribution in [0.25, 0.3) is 0 Å². The summed E-state index contributed by atoms with van der Waals surface area (Å²) in [7, 11) is 3.32. The summed E-state index contributed by atoms with van der Waals surface area (Å²) in [6.07, 6.45) is 0. The van der Waals surface area contributed by atoms with Crippen LogP contribution in [-0.2, 0) is 11.3 Å². The van der Waals surface area contributed by atoms with Crippen molar-refractivity contribution in [2.75, 3.05) is 45.7 Å². The van der Waals surface area contributed by atoms with E-state index in [9.17, 15) is 4.79 Å². The molecule has 6 nitrogen and oxygen atoms in total. The summed E-state index contributed by atoms with van der Waals surface area (Å²) < 4.78 is 10.8. The molecule has 0 unspecified atom stereocenters. The SMILES string of the molecule is COc1cc(C)c(CN2CCN([C@@H](C)C(=O)Nc3cccc(C)c3)CC2)cc1OC. The second-order valence-electron chi connectivity index (χ2n) is 7.98. The van der Waals surface area contributed by atoms with Gasteiger partial charge in [0.25, 0.3) is 0 Å². The van der Waals surface area contributed by atoms with E-state index in [0.29, 0.717) is 0 Å². The van der Waals surface area contributed by atoms with Crippen molar-refractivity contribution < 1.29 is 14.3 Å². The lowest BCUT2D eigenvalue weighted by Gasteiger charge is -2.37. The number of hydrogen-bond donors (Lipinski definition) is 1. The fraction of sp³-hybridized carbons (Fsp3) is 0.458. The van der Waals surface area contributed by atoms with Gasteiger partial charge in [-0.3, -0.25) is 14.6 Å². The molecule has 1 heterocycles. The summed E-state index contributed by atoms with van der Waals surface area (Å²) in [4.78, 5) is 17.4. The molecule has 1 N–H and O–H groups in total. The molecule has 0 radical (unpaired) electrons. The van der Waals surface area contributed by atoms with Crippen LogP contribution in [-0.4, -0.2) is 62.1 Å². The van der Waals surface area contributed by atoms with Crippen LogP contribution in [0.15, 0.2) is 36.4 Å². The number of aryl methyl sites for hydroxylation is 2. The summed E-state index contributed by atoms with van der Waals surface area (Å²) in [5.41, 5.74) is 4.43. The van der Waals surface area contributed by atoms with E-state index >= 15 is 0 Å². The number of amides is 1. The molecule has 1 amide bonds. The third kappa shape index (κ3) is 5.32. The summed E-state index contributed by atoms with van der Waals surface area (Å²) in [5.74, 6) is 1.57. The van der Waals surface area contributed by atoms with Crippen LogP contribution in [0.2, 0.25) is 0 Å². The molecule has 0 saturated carbocycles. The highest BCUT2D eigenvalue weighted by atomic mass is 16.5. The molecule has 0 aliphatic carbocycles. The number of hydrogen-bond acceptors (Lipinski definition) is 5. The highest BCUT2D eigenvalue weighted by Gasteiger charge is 2.26. The van der Waals surface area contributed by atoms with Crippen LogP contribution in [0, 0.1) is 13.8 Å². The average molecular weight is 412 g/mol. The molecule has 0 spiro atoms. The molecule has 30 heavy (non-hydrogen) atoms. The van der Waals surface area contributed by atoms with E-state index < -0.39 is 0 Å². The first-order valence-corrected chi connectivity index (χ1v) is 10.5. The smallest absolute Gasteiger partial charge is 0.241 e. The van der Waals surface area contributed by atoms with Gasteiger partial charge in [0, 0.05) is 38.4 Å². The standard InChI is InChI=1S/C24H33N3O3/c1-17-7-6-8-21(13-17)25-24(28)19(3)27-11-9-26(10-12-27)16-20-15-23(30-5)22(29-4)14-18(20)2/h6-8,13-15,19H,9-12,16H2,1-5H3,(H,25,28)/t19-/m0/s1. The summed E-state index contributed by atoms with van der Waals surface area (Å²) in [6.45, 7) is 10.6. The zero-order valence-corrected chi connectivity index (χ0v) is 18.7. The molecule has 1 saturated heterocycles. The van der Waals surface area contributed by atoms with Crippen molar-refractivity contribution in [3.8, 4) is 11.5 Å².